The van der Waals surface area contributed by atoms with Crippen LogP contribution in [0, 0.1) is 10.1 Å². The Labute approximate surface area is 181 Å². The van der Waals surface area contributed by atoms with Crippen molar-refractivity contribution in [2.75, 3.05) is 13.7 Å². The molecule has 0 spiro atoms. The molecule has 3 rings (SSSR count). The van der Waals surface area contributed by atoms with Crippen LogP contribution in [0.15, 0.2) is 58.4 Å². The summed E-state index contributed by atoms with van der Waals surface area (Å²) in [6, 6.07) is 10.3. The van der Waals surface area contributed by atoms with Crippen LogP contribution < -0.4 is 9.94 Å². The Morgan fingerprint density at radius 2 is 2.10 bits per heavy atom. The molecule has 3 aromatic rings. The second-order valence-corrected chi connectivity index (χ2v) is 8.91. The summed E-state index contributed by atoms with van der Waals surface area (Å²) in [6.45, 7) is 0.750. The molecular formula is C19H18N4O6S2. The number of ether oxygens (including phenoxy) is 1. The molecule has 0 aliphatic rings. The summed E-state index contributed by atoms with van der Waals surface area (Å²) in [7, 11) is -2.33. The first kappa shape index (κ1) is 22.5. The zero-order valence-electron chi connectivity index (χ0n) is 16.3. The Morgan fingerprint density at radius 3 is 2.77 bits per heavy atom. The first-order valence-corrected chi connectivity index (χ1v) is 11.2. The number of nitrogens with zero attached hydrogens (tertiary/aromatic N) is 3. The van der Waals surface area contributed by atoms with E-state index in [0.29, 0.717) is 33.7 Å². The number of thiazole rings is 1. The number of benzene rings is 2. The Balaban J connectivity index is 2.00. The average Bonchev–Trinajstić information content (AvgIpc) is 3.06. The van der Waals surface area contributed by atoms with Crippen molar-refractivity contribution in [1.29, 1.82) is 0 Å². The van der Waals surface area contributed by atoms with Crippen molar-refractivity contribution in [3.63, 3.8) is 0 Å². The molecule has 0 saturated carbocycles. The Bertz CT molecular complexity index is 1360. The van der Waals surface area contributed by atoms with Crippen LogP contribution in [0.3, 0.4) is 0 Å². The van der Waals surface area contributed by atoms with Crippen molar-refractivity contribution in [1.82, 2.24) is 4.57 Å². The predicted molar refractivity (Wildman–Crippen MR) is 116 cm³/mol. The van der Waals surface area contributed by atoms with Gasteiger partial charge in [-0.25, -0.2) is 13.6 Å². The average molecular weight is 463 g/mol. The summed E-state index contributed by atoms with van der Waals surface area (Å²) in [4.78, 5) is 27.2. The fourth-order valence-corrected chi connectivity index (χ4v) is 4.47. The lowest BCUT2D eigenvalue weighted by Crippen LogP contribution is -2.19. The van der Waals surface area contributed by atoms with E-state index in [-0.39, 0.29) is 10.6 Å². The van der Waals surface area contributed by atoms with Gasteiger partial charge in [0.05, 0.1) is 26.6 Å². The smallest absolute Gasteiger partial charge is 0.272 e. The number of nitro benzene ring substituents is 1. The maximum Gasteiger partial charge on any atom is 0.272 e. The van der Waals surface area contributed by atoms with Gasteiger partial charge < -0.3 is 9.30 Å². The molecule has 1 heterocycles. The highest BCUT2D eigenvalue weighted by Gasteiger charge is 2.13. The van der Waals surface area contributed by atoms with Crippen molar-refractivity contribution in [2.24, 2.45) is 10.1 Å². The molecule has 31 heavy (non-hydrogen) atoms. The molecule has 0 saturated heterocycles. The highest BCUT2D eigenvalue weighted by Crippen LogP contribution is 2.21. The van der Waals surface area contributed by atoms with Crippen LogP contribution in [0.1, 0.15) is 5.56 Å². The molecule has 0 aliphatic heterocycles. The van der Waals surface area contributed by atoms with E-state index in [2.05, 4.69) is 4.99 Å². The minimum Gasteiger partial charge on any atom is -0.383 e. The Hall–Kier alpha value is -3.19. The second kappa shape index (κ2) is 9.31. The van der Waals surface area contributed by atoms with Gasteiger partial charge in [0, 0.05) is 31.9 Å². The first-order valence-electron chi connectivity index (χ1n) is 8.85. The van der Waals surface area contributed by atoms with E-state index in [1.54, 1.807) is 16.7 Å². The molecule has 162 valence electrons. The van der Waals surface area contributed by atoms with E-state index in [9.17, 15) is 23.3 Å². The number of fused-ring (bicyclic) bond motifs is 1. The molecule has 0 aliphatic carbocycles. The fourth-order valence-electron chi connectivity index (χ4n) is 2.76. The number of nitro groups is 1. The van der Waals surface area contributed by atoms with E-state index in [4.69, 9.17) is 9.88 Å². The number of carbonyl (C=O) groups excluding carboxylic acids is 1. The van der Waals surface area contributed by atoms with E-state index < -0.39 is 20.9 Å². The van der Waals surface area contributed by atoms with Gasteiger partial charge in [0.25, 0.3) is 11.6 Å². The van der Waals surface area contributed by atoms with Gasteiger partial charge in [0.1, 0.15) is 0 Å². The number of amides is 1. The monoisotopic (exact) mass is 462 g/mol. The molecule has 0 atom stereocenters. The fraction of sp³-hybridized carbons (Fsp3) is 0.158. The highest BCUT2D eigenvalue weighted by atomic mass is 32.2. The largest absolute Gasteiger partial charge is 0.383 e. The van der Waals surface area contributed by atoms with E-state index in [1.807, 2.05) is 0 Å². The standard InChI is InChI=1S/C19H18N4O6S2/c1-29-10-9-22-16-7-6-15(31(20,27)28)12-17(16)30-19(22)21-18(24)8-5-13-3-2-4-14(11-13)23(25)26/h2-8,11-12H,9-10H2,1H3,(H2,20,27,28). The van der Waals surface area contributed by atoms with Crippen LogP contribution in [0.5, 0.6) is 0 Å². The number of hydrogen-bond donors (Lipinski definition) is 1. The third kappa shape index (κ3) is 5.49. The SMILES string of the molecule is COCCn1c(=NC(=O)C=Cc2cccc([N+](=O)[O-])c2)sc2cc(S(N)(=O)=O)ccc21. The lowest BCUT2D eigenvalue weighted by Gasteiger charge is -2.04. The van der Waals surface area contributed by atoms with Gasteiger partial charge in [0.2, 0.25) is 10.0 Å². The van der Waals surface area contributed by atoms with E-state index in [0.717, 1.165) is 11.3 Å². The van der Waals surface area contributed by atoms with Crippen LogP contribution in [0.4, 0.5) is 5.69 Å². The summed E-state index contributed by atoms with van der Waals surface area (Å²) in [5, 5.41) is 16.1. The summed E-state index contributed by atoms with van der Waals surface area (Å²) in [6.07, 6.45) is 2.64. The number of primary sulfonamides is 1. The molecule has 10 nitrogen and oxygen atoms in total. The van der Waals surface area contributed by atoms with Crippen LogP contribution >= 0.6 is 11.3 Å². The molecular weight excluding hydrogens is 444 g/mol. The number of hydrogen-bond acceptors (Lipinski definition) is 7. The number of nitrogens with two attached hydrogens (primary N) is 1. The summed E-state index contributed by atoms with van der Waals surface area (Å²) < 4.78 is 30.7. The van der Waals surface area contributed by atoms with E-state index in [1.165, 1.54) is 49.6 Å². The van der Waals surface area contributed by atoms with Crippen molar-refractivity contribution in [3.8, 4) is 0 Å². The van der Waals surface area contributed by atoms with Crippen molar-refractivity contribution in [2.45, 2.75) is 11.4 Å². The van der Waals surface area contributed by atoms with Crippen LogP contribution in [0.25, 0.3) is 16.3 Å². The maximum absolute atomic E-state index is 12.4. The molecule has 2 aromatic carbocycles. The highest BCUT2D eigenvalue weighted by molar-refractivity contribution is 7.89. The third-order valence-electron chi connectivity index (χ3n) is 4.21. The Morgan fingerprint density at radius 1 is 1.32 bits per heavy atom. The number of carbonyl (C=O) groups is 1. The van der Waals surface area contributed by atoms with Crippen molar-refractivity contribution in [3.05, 3.63) is 69.0 Å². The van der Waals surface area contributed by atoms with Gasteiger partial charge in [-0.3, -0.25) is 14.9 Å². The van der Waals surface area contributed by atoms with E-state index >= 15 is 0 Å². The number of methoxy groups -OCH3 is 1. The summed E-state index contributed by atoms with van der Waals surface area (Å²) in [5.74, 6) is -0.573. The van der Waals surface area contributed by atoms with Crippen LogP contribution in [-0.2, 0) is 26.1 Å². The van der Waals surface area contributed by atoms with Gasteiger partial charge in [-0.05, 0) is 29.8 Å². The topological polar surface area (TPSA) is 147 Å². The normalized spacial score (nSPS) is 12.6. The summed E-state index contributed by atoms with van der Waals surface area (Å²) >= 11 is 1.14. The first-order chi connectivity index (χ1) is 14.7. The molecule has 12 heteroatoms. The van der Waals surface area contributed by atoms with Crippen LogP contribution in [0.2, 0.25) is 0 Å². The molecule has 0 radical (unpaired) electrons. The summed E-state index contributed by atoms with van der Waals surface area (Å²) in [5.41, 5.74) is 1.09. The molecule has 2 N–H and O–H groups in total. The van der Waals surface area contributed by atoms with Gasteiger partial charge in [-0.1, -0.05) is 23.5 Å². The molecule has 0 bridgehead atoms. The minimum atomic E-state index is -3.87. The lowest BCUT2D eigenvalue weighted by atomic mass is 10.2. The van der Waals surface area contributed by atoms with Gasteiger partial charge in [-0.15, -0.1) is 0 Å². The number of aromatic nitrogens is 1. The zero-order chi connectivity index (χ0) is 22.6. The zero-order valence-corrected chi connectivity index (χ0v) is 17.9. The molecule has 0 fully saturated rings. The maximum atomic E-state index is 12.4. The van der Waals surface area contributed by atoms with Gasteiger partial charge in [-0.2, -0.15) is 4.99 Å². The number of rotatable bonds is 7. The Kier molecular flexibility index (Phi) is 6.75. The molecule has 1 aromatic heterocycles. The van der Waals surface area contributed by atoms with Gasteiger partial charge >= 0.3 is 0 Å². The number of non-ortho nitro benzene ring substituents is 1. The van der Waals surface area contributed by atoms with Crippen molar-refractivity contribution >= 4 is 49.2 Å². The molecule has 1 amide bonds. The molecule has 0 unspecified atom stereocenters. The predicted octanol–water partition coefficient (Wildman–Crippen LogP) is 2.05. The minimum absolute atomic E-state index is 0.0383. The quantitative estimate of drug-likeness (QED) is 0.323. The number of sulfonamides is 1. The second-order valence-electron chi connectivity index (χ2n) is 6.34. The van der Waals surface area contributed by atoms with Gasteiger partial charge in [0.15, 0.2) is 4.80 Å². The third-order valence-corrected chi connectivity index (χ3v) is 6.16. The van der Waals surface area contributed by atoms with Crippen LogP contribution in [-0.4, -0.2) is 37.5 Å². The lowest BCUT2D eigenvalue weighted by molar-refractivity contribution is -0.384. The van der Waals surface area contributed by atoms with Crippen molar-refractivity contribution < 1.29 is 22.9 Å².